The van der Waals surface area contributed by atoms with Crippen molar-refractivity contribution in [3.05, 3.63) is 53.6 Å². The zero-order valence-corrected chi connectivity index (χ0v) is 12.3. The minimum absolute atomic E-state index is 0.794. The Morgan fingerprint density at radius 3 is 3.00 bits per heavy atom. The number of guanidine groups is 1. The fraction of sp³-hybridized carbons (Fsp3) is 0.375. The Morgan fingerprint density at radius 1 is 1.33 bits per heavy atom. The molecule has 0 aliphatic carbocycles. The first-order valence-electron chi connectivity index (χ1n) is 7.39. The molecule has 2 N–H and O–H groups in total. The van der Waals surface area contributed by atoms with Crippen molar-refractivity contribution in [2.75, 3.05) is 13.1 Å². The van der Waals surface area contributed by atoms with Crippen LogP contribution < -0.4 is 10.6 Å². The molecule has 2 aromatic rings. The van der Waals surface area contributed by atoms with E-state index in [0.29, 0.717) is 0 Å². The van der Waals surface area contributed by atoms with Gasteiger partial charge < -0.3 is 15.2 Å². The van der Waals surface area contributed by atoms with Crippen molar-refractivity contribution in [2.45, 2.75) is 26.4 Å². The number of nitrogens with zero attached hydrogens (tertiary/aromatic N) is 3. The molecule has 0 atom stereocenters. The zero-order chi connectivity index (χ0) is 14.5. The molecule has 0 saturated heterocycles. The van der Waals surface area contributed by atoms with Crippen LogP contribution in [0.25, 0.3) is 0 Å². The second kappa shape index (κ2) is 6.43. The van der Waals surface area contributed by atoms with Crippen molar-refractivity contribution in [1.82, 2.24) is 20.2 Å². The number of rotatable bonds is 4. The molecule has 1 aliphatic rings. The summed E-state index contributed by atoms with van der Waals surface area (Å²) in [6.45, 7) is 5.60. The van der Waals surface area contributed by atoms with E-state index in [1.54, 1.807) is 0 Å². The lowest BCUT2D eigenvalue weighted by atomic mass is 10.1. The van der Waals surface area contributed by atoms with Gasteiger partial charge in [-0.1, -0.05) is 24.3 Å². The standard InChI is InChI=1S/C16H21N5/c1-13-17-8-9-21(13)12-15-5-2-4-14(10-15)11-20-16-18-6-3-7-19-16/h2,4-5,8-10H,3,6-7,11-12H2,1H3,(H2,18,19,20). The van der Waals surface area contributed by atoms with Gasteiger partial charge in [0.15, 0.2) is 5.96 Å². The third kappa shape index (κ3) is 3.62. The van der Waals surface area contributed by atoms with Gasteiger partial charge in [0.2, 0.25) is 0 Å². The van der Waals surface area contributed by atoms with Crippen molar-refractivity contribution in [3.8, 4) is 0 Å². The first kappa shape index (κ1) is 13.7. The minimum Gasteiger partial charge on any atom is -0.356 e. The molecule has 5 nitrogen and oxygen atoms in total. The first-order valence-corrected chi connectivity index (χ1v) is 7.39. The number of nitrogens with one attached hydrogen (secondary N) is 2. The molecule has 0 saturated carbocycles. The molecule has 110 valence electrons. The monoisotopic (exact) mass is 283 g/mol. The highest BCUT2D eigenvalue weighted by Gasteiger charge is 2.04. The van der Waals surface area contributed by atoms with Crippen LogP contribution in [-0.2, 0) is 13.1 Å². The molecule has 1 aromatic carbocycles. The highest BCUT2D eigenvalue weighted by Crippen LogP contribution is 2.08. The minimum atomic E-state index is 0.794. The number of hydrogen-bond donors (Lipinski definition) is 2. The number of benzene rings is 1. The van der Waals surface area contributed by atoms with E-state index in [-0.39, 0.29) is 0 Å². The predicted molar refractivity (Wildman–Crippen MR) is 84.3 cm³/mol. The number of aliphatic imine (C=N–C) groups is 1. The lowest BCUT2D eigenvalue weighted by Gasteiger charge is -2.16. The topological polar surface area (TPSA) is 54.2 Å². The Kier molecular flexibility index (Phi) is 4.19. The van der Waals surface area contributed by atoms with E-state index in [1.807, 2.05) is 19.3 Å². The average Bonchev–Trinajstić information content (AvgIpc) is 2.92. The second-order valence-corrected chi connectivity index (χ2v) is 5.29. The number of aromatic nitrogens is 2. The van der Waals surface area contributed by atoms with Crippen LogP contribution in [0.1, 0.15) is 23.4 Å². The van der Waals surface area contributed by atoms with E-state index in [4.69, 9.17) is 0 Å². The maximum atomic E-state index is 4.42. The quantitative estimate of drug-likeness (QED) is 0.897. The molecule has 0 fully saturated rings. The maximum absolute atomic E-state index is 4.42. The summed E-state index contributed by atoms with van der Waals surface area (Å²) in [6.07, 6.45) is 4.97. The molecule has 0 amide bonds. The van der Waals surface area contributed by atoms with E-state index in [9.17, 15) is 0 Å². The summed E-state index contributed by atoms with van der Waals surface area (Å²) < 4.78 is 2.15. The molecule has 21 heavy (non-hydrogen) atoms. The summed E-state index contributed by atoms with van der Waals surface area (Å²) in [5.41, 5.74) is 2.55. The van der Waals surface area contributed by atoms with E-state index < -0.39 is 0 Å². The highest BCUT2D eigenvalue weighted by molar-refractivity contribution is 5.80. The molecular formula is C16H21N5. The van der Waals surface area contributed by atoms with Gasteiger partial charge in [-0.15, -0.1) is 0 Å². The van der Waals surface area contributed by atoms with Gasteiger partial charge in [-0.2, -0.15) is 0 Å². The maximum Gasteiger partial charge on any atom is 0.191 e. The lowest BCUT2D eigenvalue weighted by molar-refractivity contribution is 0.701. The molecule has 0 unspecified atom stereocenters. The molecule has 1 aliphatic heterocycles. The van der Waals surface area contributed by atoms with Crippen molar-refractivity contribution in [1.29, 1.82) is 0 Å². The lowest BCUT2D eigenvalue weighted by Crippen LogP contribution is -2.40. The third-order valence-electron chi connectivity index (χ3n) is 3.63. The SMILES string of the molecule is Cc1nccn1Cc1cccc(CNC2=NCCCN2)c1. The fourth-order valence-corrected chi connectivity index (χ4v) is 2.44. The van der Waals surface area contributed by atoms with Crippen LogP contribution in [-0.4, -0.2) is 28.6 Å². The smallest absolute Gasteiger partial charge is 0.191 e. The van der Waals surface area contributed by atoms with Crippen LogP contribution in [0, 0.1) is 6.92 Å². The van der Waals surface area contributed by atoms with Crippen LogP contribution >= 0.6 is 0 Å². The summed E-state index contributed by atoms with van der Waals surface area (Å²) in [5, 5.41) is 6.63. The highest BCUT2D eigenvalue weighted by atomic mass is 15.2. The van der Waals surface area contributed by atoms with Crippen molar-refractivity contribution in [3.63, 3.8) is 0 Å². The van der Waals surface area contributed by atoms with E-state index in [1.165, 1.54) is 11.1 Å². The molecule has 2 heterocycles. The molecule has 1 aromatic heterocycles. The van der Waals surface area contributed by atoms with E-state index >= 15 is 0 Å². The molecule has 0 radical (unpaired) electrons. The summed E-state index contributed by atoms with van der Waals surface area (Å²) in [6, 6.07) is 8.63. The van der Waals surface area contributed by atoms with E-state index in [2.05, 4.69) is 49.4 Å². The largest absolute Gasteiger partial charge is 0.356 e. The summed E-state index contributed by atoms with van der Waals surface area (Å²) in [7, 11) is 0. The number of hydrogen-bond acceptors (Lipinski definition) is 4. The molecule has 3 rings (SSSR count). The number of aryl methyl sites for hydroxylation is 1. The van der Waals surface area contributed by atoms with Gasteiger partial charge in [0.1, 0.15) is 5.82 Å². The zero-order valence-electron chi connectivity index (χ0n) is 12.3. The van der Waals surface area contributed by atoms with Crippen LogP contribution in [0.2, 0.25) is 0 Å². The van der Waals surface area contributed by atoms with E-state index in [0.717, 1.165) is 44.4 Å². The van der Waals surface area contributed by atoms with Gasteiger partial charge in [0.25, 0.3) is 0 Å². The first-order chi connectivity index (χ1) is 10.3. The summed E-state index contributed by atoms with van der Waals surface area (Å²) in [5.74, 6) is 1.95. The van der Waals surface area contributed by atoms with Gasteiger partial charge in [0, 0.05) is 38.6 Å². The molecular weight excluding hydrogens is 262 g/mol. The van der Waals surface area contributed by atoms with Gasteiger partial charge in [-0.25, -0.2) is 4.98 Å². The fourth-order valence-electron chi connectivity index (χ4n) is 2.44. The molecule has 0 bridgehead atoms. The van der Waals surface area contributed by atoms with Crippen LogP contribution in [0.5, 0.6) is 0 Å². The molecule has 0 spiro atoms. The normalized spacial score (nSPS) is 14.4. The predicted octanol–water partition coefficient (Wildman–Crippen LogP) is 1.68. The Bertz CT molecular complexity index is 629. The summed E-state index contributed by atoms with van der Waals surface area (Å²) in [4.78, 5) is 8.68. The van der Waals surface area contributed by atoms with Crippen molar-refractivity contribution in [2.24, 2.45) is 4.99 Å². The van der Waals surface area contributed by atoms with Crippen LogP contribution in [0.3, 0.4) is 0 Å². The van der Waals surface area contributed by atoms with Gasteiger partial charge >= 0.3 is 0 Å². The Hall–Kier alpha value is -2.30. The van der Waals surface area contributed by atoms with Crippen LogP contribution in [0.4, 0.5) is 0 Å². The Morgan fingerprint density at radius 2 is 2.24 bits per heavy atom. The van der Waals surface area contributed by atoms with Crippen molar-refractivity contribution >= 4 is 5.96 Å². The molecule has 5 heteroatoms. The number of imidazole rings is 1. The van der Waals surface area contributed by atoms with Gasteiger partial charge in [-0.05, 0) is 24.5 Å². The Balaban J connectivity index is 1.63. The van der Waals surface area contributed by atoms with Crippen molar-refractivity contribution < 1.29 is 0 Å². The van der Waals surface area contributed by atoms with Gasteiger partial charge in [0.05, 0.1) is 0 Å². The average molecular weight is 283 g/mol. The van der Waals surface area contributed by atoms with Crippen LogP contribution in [0.15, 0.2) is 41.7 Å². The Labute approximate surface area is 125 Å². The van der Waals surface area contributed by atoms with Gasteiger partial charge in [-0.3, -0.25) is 4.99 Å². The summed E-state index contributed by atoms with van der Waals surface area (Å²) >= 11 is 0. The second-order valence-electron chi connectivity index (χ2n) is 5.29. The third-order valence-corrected chi connectivity index (χ3v) is 3.63.